The molecular weight excluding hydrogens is 562 g/mol. The number of anilines is 1. The van der Waals surface area contributed by atoms with E-state index in [1.165, 1.54) is 28.9 Å². The Morgan fingerprint density at radius 2 is 1.79 bits per heavy atom. The molecule has 1 saturated heterocycles. The second kappa shape index (κ2) is 10.6. The molecule has 2 N–H and O–H groups in total. The van der Waals surface area contributed by atoms with Crippen molar-refractivity contribution in [3.8, 4) is 17.1 Å². The molecule has 0 radical (unpaired) electrons. The molecule has 2 unspecified atom stereocenters. The number of β-amino-alcohol motifs (C(OH)–C–C–N with tert-alkyl or cyclic N) is 1. The Morgan fingerprint density at radius 1 is 1.08 bits per heavy atom. The molecule has 3 heterocycles. The van der Waals surface area contributed by atoms with E-state index in [0.29, 0.717) is 46.8 Å². The highest BCUT2D eigenvalue weighted by atomic mass is 35.5. The van der Waals surface area contributed by atoms with Crippen molar-refractivity contribution in [1.82, 2.24) is 29.1 Å². The maximum Gasteiger partial charge on any atom is 0.416 e. The van der Waals surface area contributed by atoms with Crippen LogP contribution < -0.4 is 10.6 Å². The van der Waals surface area contributed by atoms with Gasteiger partial charge < -0.3 is 15.1 Å². The number of rotatable bonds is 7. The van der Waals surface area contributed by atoms with Crippen LogP contribution in [-0.4, -0.2) is 70.8 Å². The van der Waals surface area contributed by atoms with Gasteiger partial charge in [0.2, 0.25) is 5.95 Å². The molecule has 0 amide bonds. The fourth-order valence-corrected chi connectivity index (χ4v) is 4.60. The summed E-state index contributed by atoms with van der Waals surface area (Å²) in [5.74, 6) is 0.429. The van der Waals surface area contributed by atoms with Gasteiger partial charge in [0.25, 0.3) is 0 Å². The molecule has 0 aliphatic carbocycles. The molecule has 0 spiro atoms. The molecular formula is C24H22Cl2F3N7O3. The molecule has 2 atom stereocenters. The van der Waals surface area contributed by atoms with Crippen LogP contribution in [0.25, 0.3) is 17.1 Å². The van der Waals surface area contributed by atoms with Crippen molar-refractivity contribution in [3.05, 3.63) is 74.9 Å². The second-order valence-electron chi connectivity index (χ2n) is 9.02. The zero-order valence-corrected chi connectivity index (χ0v) is 21.6. The Hall–Kier alpha value is -3.39. The monoisotopic (exact) mass is 583 g/mol. The van der Waals surface area contributed by atoms with Gasteiger partial charge in [-0.05, 0) is 42.8 Å². The maximum absolute atomic E-state index is 13.2. The summed E-state index contributed by atoms with van der Waals surface area (Å²) in [4.78, 5) is 19.6. The van der Waals surface area contributed by atoms with Gasteiger partial charge in [0.15, 0.2) is 17.8 Å². The molecule has 1 aliphatic heterocycles. The third-order valence-corrected chi connectivity index (χ3v) is 6.78. The topological polar surface area (TPSA) is 114 Å². The number of halogens is 5. The quantitative estimate of drug-likeness (QED) is 0.343. The van der Waals surface area contributed by atoms with Gasteiger partial charge in [-0.1, -0.05) is 35.3 Å². The van der Waals surface area contributed by atoms with E-state index in [2.05, 4.69) is 15.2 Å². The third-order valence-electron chi connectivity index (χ3n) is 6.21. The van der Waals surface area contributed by atoms with Crippen molar-refractivity contribution in [3.63, 3.8) is 0 Å². The van der Waals surface area contributed by atoms with E-state index in [1.54, 1.807) is 24.3 Å². The number of aliphatic hydroxyl groups is 2. The van der Waals surface area contributed by atoms with Crippen LogP contribution in [0.5, 0.6) is 0 Å². The maximum atomic E-state index is 13.2. The van der Waals surface area contributed by atoms with Crippen molar-refractivity contribution < 1.29 is 23.4 Å². The van der Waals surface area contributed by atoms with Crippen molar-refractivity contribution in [2.75, 3.05) is 18.0 Å². The smallest absolute Gasteiger partial charge is 0.391 e. The van der Waals surface area contributed by atoms with Crippen LogP contribution in [0.2, 0.25) is 10.0 Å². The predicted molar refractivity (Wildman–Crippen MR) is 137 cm³/mol. The lowest BCUT2D eigenvalue weighted by Crippen LogP contribution is -2.37. The molecule has 4 aromatic rings. The number of para-hydroxylation sites is 1. The summed E-state index contributed by atoms with van der Waals surface area (Å²) in [6.07, 6.45) is -7.75. The molecule has 0 bridgehead atoms. The largest absolute Gasteiger partial charge is 0.416 e. The summed E-state index contributed by atoms with van der Waals surface area (Å²) in [7, 11) is 0. The average molecular weight is 584 g/mol. The highest BCUT2D eigenvalue weighted by Crippen LogP contribution is 2.27. The molecule has 15 heteroatoms. The van der Waals surface area contributed by atoms with Gasteiger partial charge >= 0.3 is 11.9 Å². The van der Waals surface area contributed by atoms with Gasteiger partial charge in [0.05, 0.1) is 23.4 Å². The van der Waals surface area contributed by atoms with Crippen LogP contribution in [0.4, 0.5) is 19.1 Å². The summed E-state index contributed by atoms with van der Waals surface area (Å²) >= 11 is 12.3. The zero-order chi connectivity index (χ0) is 27.9. The van der Waals surface area contributed by atoms with E-state index in [-0.39, 0.29) is 18.2 Å². The van der Waals surface area contributed by atoms with Crippen molar-refractivity contribution in [2.45, 2.75) is 37.9 Å². The lowest BCUT2D eigenvalue weighted by atomic mass is 10.2. The first-order valence-corrected chi connectivity index (χ1v) is 12.6. The number of alkyl halides is 3. The van der Waals surface area contributed by atoms with E-state index in [1.807, 2.05) is 4.90 Å². The Bertz CT molecular complexity index is 1540. The minimum Gasteiger partial charge on any atom is -0.391 e. The minimum atomic E-state index is -4.94. The van der Waals surface area contributed by atoms with E-state index in [0.717, 1.165) is 9.25 Å². The van der Waals surface area contributed by atoms with E-state index >= 15 is 0 Å². The van der Waals surface area contributed by atoms with Gasteiger partial charge in [-0.2, -0.15) is 22.8 Å². The Morgan fingerprint density at radius 3 is 2.44 bits per heavy atom. The Kier molecular flexibility index (Phi) is 7.42. The number of aromatic nitrogens is 6. The van der Waals surface area contributed by atoms with Crippen LogP contribution in [-0.2, 0) is 13.1 Å². The fourth-order valence-electron chi connectivity index (χ4n) is 4.26. The Labute approximate surface area is 229 Å². The highest BCUT2D eigenvalue weighted by Gasteiger charge is 2.39. The SMILES string of the molecule is O=c1n(Cc2nc(N3CCC(O)C3)n(-c3ccccc3Cl)n2)nc(-c2ccc(Cl)cc2)n1CC(O)C(F)(F)F. The standard InChI is InChI=1S/C24H22Cl2F3N7O3/c25-15-7-5-14(6-8-15)21-32-35(23(39)34(21)12-19(38)24(27,28)29)13-20-30-22(33-10-9-16(37)11-33)36(31-20)18-4-2-1-3-17(18)26/h1-8,16,19,37-38H,9-13H2. The molecule has 2 aromatic carbocycles. The molecule has 10 nitrogen and oxygen atoms in total. The molecule has 2 aromatic heterocycles. The number of hydrogen-bond donors (Lipinski definition) is 2. The van der Waals surface area contributed by atoms with Crippen LogP contribution in [0, 0.1) is 0 Å². The number of hydrogen-bond acceptors (Lipinski definition) is 7. The van der Waals surface area contributed by atoms with Gasteiger partial charge in [0, 0.05) is 23.7 Å². The van der Waals surface area contributed by atoms with Crippen molar-refractivity contribution in [1.29, 1.82) is 0 Å². The van der Waals surface area contributed by atoms with Gasteiger partial charge in [-0.25, -0.2) is 9.48 Å². The summed E-state index contributed by atoms with van der Waals surface area (Å²) < 4.78 is 42.7. The van der Waals surface area contributed by atoms with E-state index in [4.69, 9.17) is 23.2 Å². The van der Waals surface area contributed by atoms with Gasteiger partial charge in [0.1, 0.15) is 6.54 Å². The lowest BCUT2D eigenvalue weighted by molar-refractivity contribution is -0.207. The second-order valence-corrected chi connectivity index (χ2v) is 9.86. The van der Waals surface area contributed by atoms with Crippen molar-refractivity contribution in [2.24, 2.45) is 0 Å². The van der Waals surface area contributed by atoms with Crippen LogP contribution in [0.15, 0.2) is 53.3 Å². The first-order valence-electron chi connectivity index (χ1n) is 11.8. The number of benzene rings is 2. The lowest BCUT2D eigenvalue weighted by Gasteiger charge is -2.17. The predicted octanol–water partition coefficient (Wildman–Crippen LogP) is 3.14. The highest BCUT2D eigenvalue weighted by molar-refractivity contribution is 6.32. The number of nitrogens with zero attached hydrogens (tertiary/aromatic N) is 7. The molecule has 39 heavy (non-hydrogen) atoms. The van der Waals surface area contributed by atoms with Crippen LogP contribution >= 0.6 is 23.2 Å². The summed E-state index contributed by atoms with van der Waals surface area (Å²) in [6.45, 7) is -0.518. The first kappa shape index (κ1) is 27.2. The summed E-state index contributed by atoms with van der Waals surface area (Å²) in [6, 6.07) is 13.0. The van der Waals surface area contributed by atoms with Gasteiger partial charge in [-0.3, -0.25) is 4.57 Å². The van der Waals surface area contributed by atoms with Crippen molar-refractivity contribution >= 4 is 29.2 Å². The average Bonchev–Trinajstić information content (AvgIpc) is 3.58. The molecule has 1 aliphatic rings. The zero-order valence-electron chi connectivity index (χ0n) is 20.1. The summed E-state index contributed by atoms with van der Waals surface area (Å²) in [5.41, 5.74) is -0.0521. The van der Waals surface area contributed by atoms with E-state index < -0.39 is 30.6 Å². The third kappa shape index (κ3) is 5.66. The van der Waals surface area contributed by atoms with Crippen LogP contribution in [0.1, 0.15) is 12.2 Å². The normalized spacial score (nSPS) is 16.7. The van der Waals surface area contributed by atoms with Gasteiger partial charge in [-0.15, -0.1) is 10.2 Å². The summed E-state index contributed by atoms with van der Waals surface area (Å²) in [5, 5.41) is 29.3. The first-order chi connectivity index (χ1) is 18.5. The fraction of sp³-hybridized carbons (Fsp3) is 0.333. The van der Waals surface area contributed by atoms with Crippen LogP contribution in [0.3, 0.4) is 0 Å². The molecule has 5 rings (SSSR count). The molecule has 0 saturated carbocycles. The Balaban J connectivity index is 1.56. The van der Waals surface area contributed by atoms with E-state index in [9.17, 15) is 28.2 Å². The minimum absolute atomic E-state index is 0.0895. The number of aliphatic hydroxyl groups excluding tert-OH is 2. The molecule has 1 fully saturated rings. The molecule has 206 valence electrons.